The Morgan fingerprint density at radius 2 is 1.73 bits per heavy atom. The number of amides is 1. The second-order valence-electron chi connectivity index (χ2n) is 5.28. The minimum Gasteiger partial charge on any atom is -0.481 e. The molecular formula is C19H23NO2. The fourth-order valence-corrected chi connectivity index (χ4v) is 2.18. The van der Waals surface area contributed by atoms with Crippen LogP contribution in [-0.2, 0) is 17.6 Å². The van der Waals surface area contributed by atoms with E-state index in [1.807, 2.05) is 42.5 Å². The number of carbonyl (C=O) groups is 1. The first-order valence-electron chi connectivity index (χ1n) is 7.76. The van der Waals surface area contributed by atoms with Gasteiger partial charge < -0.3 is 10.1 Å². The third kappa shape index (κ3) is 4.92. The normalized spacial score (nSPS) is 11.7. The third-order valence-electron chi connectivity index (χ3n) is 3.57. The summed E-state index contributed by atoms with van der Waals surface area (Å²) in [7, 11) is 0. The summed E-state index contributed by atoms with van der Waals surface area (Å²) in [6, 6.07) is 18.0. The van der Waals surface area contributed by atoms with Crippen LogP contribution in [-0.4, -0.2) is 18.6 Å². The largest absolute Gasteiger partial charge is 0.481 e. The van der Waals surface area contributed by atoms with E-state index in [1.165, 1.54) is 11.1 Å². The van der Waals surface area contributed by atoms with Crippen LogP contribution in [0.2, 0.25) is 0 Å². The van der Waals surface area contributed by atoms with Crippen molar-refractivity contribution in [3.8, 4) is 5.75 Å². The second kappa shape index (κ2) is 8.23. The molecule has 0 bridgehead atoms. The van der Waals surface area contributed by atoms with Crippen LogP contribution in [0, 0.1) is 0 Å². The van der Waals surface area contributed by atoms with E-state index in [2.05, 4.69) is 24.4 Å². The fraction of sp³-hybridized carbons (Fsp3) is 0.316. The van der Waals surface area contributed by atoms with Crippen molar-refractivity contribution in [3.63, 3.8) is 0 Å². The molecule has 3 nitrogen and oxygen atoms in total. The van der Waals surface area contributed by atoms with Crippen LogP contribution in [0.15, 0.2) is 54.6 Å². The zero-order valence-corrected chi connectivity index (χ0v) is 13.2. The topological polar surface area (TPSA) is 38.3 Å². The van der Waals surface area contributed by atoms with E-state index in [9.17, 15) is 4.79 Å². The molecule has 2 rings (SSSR count). The molecule has 0 fully saturated rings. The molecule has 0 saturated carbocycles. The van der Waals surface area contributed by atoms with Crippen molar-refractivity contribution in [2.24, 2.45) is 0 Å². The van der Waals surface area contributed by atoms with Gasteiger partial charge in [0.2, 0.25) is 0 Å². The number of carbonyl (C=O) groups excluding carboxylic acids is 1. The smallest absolute Gasteiger partial charge is 0.260 e. The van der Waals surface area contributed by atoms with Gasteiger partial charge in [0.25, 0.3) is 5.91 Å². The lowest BCUT2D eigenvalue weighted by atomic mass is 10.1. The highest BCUT2D eigenvalue weighted by atomic mass is 16.5. The summed E-state index contributed by atoms with van der Waals surface area (Å²) in [5, 5.41) is 2.91. The molecule has 0 radical (unpaired) electrons. The molecule has 0 unspecified atom stereocenters. The molecule has 0 heterocycles. The molecule has 0 aliphatic heterocycles. The minimum absolute atomic E-state index is 0.0875. The molecule has 116 valence electrons. The Labute approximate surface area is 132 Å². The number of nitrogens with one attached hydrogen (secondary N) is 1. The van der Waals surface area contributed by atoms with Crippen LogP contribution in [0.25, 0.3) is 0 Å². The zero-order chi connectivity index (χ0) is 15.8. The number of benzene rings is 2. The summed E-state index contributed by atoms with van der Waals surface area (Å²) in [5.41, 5.74) is 2.47. The van der Waals surface area contributed by atoms with Crippen molar-refractivity contribution in [1.29, 1.82) is 0 Å². The molecule has 0 aliphatic rings. The van der Waals surface area contributed by atoms with Crippen LogP contribution in [0.5, 0.6) is 5.75 Å². The average molecular weight is 297 g/mol. The van der Waals surface area contributed by atoms with Crippen molar-refractivity contribution in [2.45, 2.75) is 32.8 Å². The molecule has 22 heavy (non-hydrogen) atoms. The Balaban J connectivity index is 1.76. The van der Waals surface area contributed by atoms with Crippen LogP contribution >= 0.6 is 0 Å². The Bertz CT molecular complexity index is 578. The first kappa shape index (κ1) is 16.1. The van der Waals surface area contributed by atoms with Crippen LogP contribution in [0.4, 0.5) is 0 Å². The number of hydrogen-bond acceptors (Lipinski definition) is 2. The maximum absolute atomic E-state index is 12.0. The molecule has 1 atom stereocenters. The van der Waals surface area contributed by atoms with Gasteiger partial charge in [0.1, 0.15) is 5.75 Å². The van der Waals surface area contributed by atoms with Gasteiger partial charge in [-0.25, -0.2) is 0 Å². The van der Waals surface area contributed by atoms with Crippen molar-refractivity contribution >= 4 is 5.91 Å². The van der Waals surface area contributed by atoms with Crippen molar-refractivity contribution in [1.82, 2.24) is 5.32 Å². The zero-order valence-electron chi connectivity index (χ0n) is 13.2. The predicted octanol–water partition coefficient (Wildman–Crippen LogP) is 3.38. The fourth-order valence-electron chi connectivity index (χ4n) is 2.18. The summed E-state index contributed by atoms with van der Waals surface area (Å²) in [5.74, 6) is 0.637. The molecule has 2 aromatic carbocycles. The SMILES string of the molecule is CCc1ccc(O[C@H](C)C(=O)NCCc2ccccc2)cc1. The van der Waals surface area contributed by atoms with Crippen LogP contribution < -0.4 is 10.1 Å². The lowest BCUT2D eigenvalue weighted by Gasteiger charge is -2.15. The van der Waals surface area contributed by atoms with E-state index in [0.29, 0.717) is 6.54 Å². The molecular weight excluding hydrogens is 274 g/mol. The lowest BCUT2D eigenvalue weighted by molar-refractivity contribution is -0.127. The van der Waals surface area contributed by atoms with Gasteiger partial charge in [0.05, 0.1) is 0 Å². The summed E-state index contributed by atoms with van der Waals surface area (Å²) >= 11 is 0. The average Bonchev–Trinajstić information content (AvgIpc) is 2.56. The molecule has 0 aromatic heterocycles. The summed E-state index contributed by atoms with van der Waals surface area (Å²) in [6.07, 6.45) is 1.32. The highest BCUT2D eigenvalue weighted by molar-refractivity contribution is 5.80. The van der Waals surface area contributed by atoms with E-state index in [4.69, 9.17) is 4.74 Å². The molecule has 3 heteroatoms. The predicted molar refractivity (Wildman–Crippen MR) is 89.1 cm³/mol. The first-order chi connectivity index (χ1) is 10.7. The summed E-state index contributed by atoms with van der Waals surface area (Å²) in [4.78, 5) is 12.0. The Kier molecular flexibility index (Phi) is 6.01. The van der Waals surface area contributed by atoms with Gasteiger partial charge in [0.15, 0.2) is 6.10 Å². The molecule has 0 spiro atoms. The quantitative estimate of drug-likeness (QED) is 0.851. The van der Waals surface area contributed by atoms with Gasteiger partial charge in [-0.05, 0) is 43.0 Å². The monoisotopic (exact) mass is 297 g/mol. The Morgan fingerprint density at radius 3 is 2.36 bits per heavy atom. The number of ether oxygens (including phenoxy) is 1. The van der Waals surface area contributed by atoms with E-state index in [1.54, 1.807) is 6.92 Å². The van der Waals surface area contributed by atoms with Crippen LogP contribution in [0.1, 0.15) is 25.0 Å². The van der Waals surface area contributed by atoms with E-state index >= 15 is 0 Å². The van der Waals surface area contributed by atoms with Gasteiger partial charge in [-0.1, -0.05) is 49.4 Å². The maximum atomic E-state index is 12.0. The Hall–Kier alpha value is -2.29. The van der Waals surface area contributed by atoms with Crippen molar-refractivity contribution in [2.75, 3.05) is 6.54 Å². The summed E-state index contributed by atoms with van der Waals surface area (Å²) < 4.78 is 5.67. The molecule has 2 aromatic rings. The van der Waals surface area contributed by atoms with Gasteiger partial charge in [-0.3, -0.25) is 4.79 Å². The van der Waals surface area contributed by atoms with Crippen molar-refractivity contribution in [3.05, 3.63) is 65.7 Å². The van der Waals surface area contributed by atoms with E-state index in [0.717, 1.165) is 18.6 Å². The number of hydrogen-bond donors (Lipinski definition) is 1. The minimum atomic E-state index is -0.497. The third-order valence-corrected chi connectivity index (χ3v) is 3.57. The molecule has 0 aliphatic carbocycles. The second-order valence-corrected chi connectivity index (χ2v) is 5.28. The highest BCUT2D eigenvalue weighted by Gasteiger charge is 2.13. The molecule has 1 N–H and O–H groups in total. The highest BCUT2D eigenvalue weighted by Crippen LogP contribution is 2.14. The summed E-state index contributed by atoms with van der Waals surface area (Å²) in [6.45, 7) is 4.50. The van der Waals surface area contributed by atoms with Crippen molar-refractivity contribution < 1.29 is 9.53 Å². The number of rotatable bonds is 7. The van der Waals surface area contributed by atoms with Gasteiger partial charge in [0, 0.05) is 6.54 Å². The van der Waals surface area contributed by atoms with Gasteiger partial charge in [-0.15, -0.1) is 0 Å². The van der Waals surface area contributed by atoms with Gasteiger partial charge >= 0.3 is 0 Å². The van der Waals surface area contributed by atoms with Crippen LogP contribution in [0.3, 0.4) is 0 Å². The number of aryl methyl sites for hydroxylation is 1. The lowest BCUT2D eigenvalue weighted by Crippen LogP contribution is -2.37. The van der Waals surface area contributed by atoms with E-state index < -0.39 is 6.10 Å². The maximum Gasteiger partial charge on any atom is 0.260 e. The standard InChI is InChI=1S/C19H23NO2/c1-3-16-9-11-18(12-10-16)22-15(2)19(21)20-14-13-17-7-5-4-6-8-17/h4-12,15H,3,13-14H2,1-2H3,(H,20,21)/t15-/m1/s1. The van der Waals surface area contributed by atoms with Gasteiger partial charge in [-0.2, -0.15) is 0 Å². The first-order valence-corrected chi connectivity index (χ1v) is 7.76. The van der Waals surface area contributed by atoms with E-state index in [-0.39, 0.29) is 5.91 Å². The molecule has 1 amide bonds. The molecule has 0 saturated heterocycles. The Morgan fingerprint density at radius 1 is 1.05 bits per heavy atom.